The van der Waals surface area contributed by atoms with Crippen LogP contribution in [0.4, 0.5) is 5.69 Å². The zero-order valence-corrected chi connectivity index (χ0v) is 7.62. The fraction of sp³-hybridized carbons (Fsp3) is 0.222. The van der Waals surface area contributed by atoms with Gasteiger partial charge >= 0.3 is 0 Å². The highest BCUT2D eigenvalue weighted by molar-refractivity contribution is 6.02. The van der Waals surface area contributed by atoms with Gasteiger partial charge in [-0.1, -0.05) is 12.1 Å². The maximum atomic E-state index is 5.61. The van der Waals surface area contributed by atoms with Crippen LogP contribution in [0.1, 0.15) is 12.5 Å². The summed E-state index contributed by atoms with van der Waals surface area (Å²) in [6.45, 7) is 2.86. The summed E-state index contributed by atoms with van der Waals surface area (Å²) >= 11 is 0. The number of amidine groups is 1. The Morgan fingerprint density at radius 1 is 1.46 bits per heavy atom. The van der Waals surface area contributed by atoms with Crippen molar-refractivity contribution in [1.29, 1.82) is 0 Å². The van der Waals surface area contributed by atoms with Crippen LogP contribution >= 0.6 is 0 Å². The van der Waals surface area contributed by atoms with Gasteiger partial charge in [-0.25, -0.2) is 0 Å². The van der Waals surface area contributed by atoms with Gasteiger partial charge in [0.2, 0.25) is 0 Å². The molecule has 4 nitrogen and oxygen atoms in total. The van der Waals surface area contributed by atoms with Gasteiger partial charge in [0.05, 0.1) is 0 Å². The van der Waals surface area contributed by atoms with Crippen molar-refractivity contribution in [3.63, 3.8) is 0 Å². The van der Waals surface area contributed by atoms with Crippen LogP contribution in [-0.2, 0) is 0 Å². The Hall–Kier alpha value is -1.71. The average Bonchev–Trinajstić information content (AvgIpc) is 2.18. The lowest BCUT2D eigenvalue weighted by Crippen LogP contribution is -2.17. The topological polar surface area (TPSA) is 76.4 Å². The number of rotatable bonds is 3. The monoisotopic (exact) mass is 178 g/mol. The second-order valence-electron chi connectivity index (χ2n) is 2.59. The van der Waals surface area contributed by atoms with Crippen molar-refractivity contribution in [2.24, 2.45) is 16.7 Å². The van der Waals surface area contributed by atoms with Gasteiger partial charge in [0, 0.05) is 17.8 Å². The van der Waals surface area contributed by atoms with Crippen LogP contribution in [0.5, 0.6) is 0 Å². The Kier molecular flexibility index (Phi) is 3.14. The Balaban J connectivity index is 3.04. The van der Waals surface area contributed by atoms with Gasteiger partial charge in [0.15, 0.2) is 5.84 Å². The minimum atomic E-state index is 0.344. The number of nitrogens with zero attached hydrogens (tertiary/aromatic N) is 1. The van der Waals surface area contributed by atoms with E-state index in [1.54, 1.807) is 0 Å². The molecule has 4 heteroatoms. The molecule has 5 N–H and O–H groups in total. The molecule has 0 saturated heterocycles. The van der Waals surface area contributed by atoms with Crippen molar-refractivity contribution in [1.82, 2.24) is 0 Å². The Morgan fingerprint density at radius 3 is 2.77 bits per heavy atom. The highest BCUT2D eigenvalue weighted by Crippen LogP contribution is 2.13. The molecule has 0 spiro atoms. The third-order valence-electron chi connectivity index (χ3n) is 1.71. The van der Waals surface area contributed by atoms with E-state index in [4.69, 9.17) is 11.6 Å². The van der Waals surface area contributed by atoms with Crippen LogP contribution in [0, 0.1) is 0 Å². The molecular weight excluding hydrogens is 164 g/mol. The predicted octanol–water partition coefficient (Wildman–Crippen LogP) is 0.697. The molecule has 70 valence electrons. The first-order valence-corrected chi connectivity index (χ1v) is 4.16. The minimum absolute atomic E-state index is 0.344. The van der Waals surface area contributed by atoms with Crippen molar-refractivity contribution in [2.45, 2.75) is 6.92 Å². The molecule has 0 heterocycles. The largest absolute Gasteiger partial charge is 0.385 e. The summed E-state index contributed by atoms with van der Waals surface area (Å²) in [5.74, 6) is 5.45. The van der Waals surface area contributed by atoms with Crippen LogP contribution in [0.15, 0.2) is 29.4 Å². The van der Waals surface area contributed by atoms with E-state index in [2.05, 4.69) is 10.4 Å². The van der Waals surface area contributed by atoms with Crippen molar-refractivity contribution in [2.75, 3.05) is 11.9 Å². The number of nitrogens with one attached hydrogen (secondary N) is 1. The molecule has 1 aromatic carbocycles. The normalized spacial score (nSPS) is 11.3. The molecule has 0 amide bonds. The molecular formula is C9H14N4. The fourth-order valence-electron chi connectivity index (χ4n) is 1.12. The van der Waals surface area contributed by atoms with E-state index >= 15 is 0 Å². The van der Waals surface area contributed by atoms with Gasteiger partial charge in [0.25, 0.3) is 0 Å². The number of benzene rings is 1. The molecule has 0 bridgehead atoms. The summed E-state index contributed by atoms with van der Waals surface area (Å²) in [6, 6.07) is 7.65. The molecule has 0 aliphatic heterocycles. The zero-order valence-electron chi connectivity index (χ0n) is 7.62. The second-order valence-corrected chi connectivity index (χ2v) is 2.59. The quantitative estimate of drug-likeness (QED) is 0.276. The number of hydrazone groups is 1. The Morgan fingerprint density at radius 2 is 2.15 bits per heavy atom. The first-order chi connectivity index (χ1) is 6.29. The van der Waals surface area contributed by atoms with Gasteiger partial charge in [0.1, 0.15) is 0 Å². The van der Waals surface area contributed by atoms with Gasteiger partial charge in [-0.2, -0.15) is 5.10 Å². The number of nitrogens with two attached hydrogens (primary N) is 2. The number of anilines is 1. The third kappa shape index (κ3) is 2.11. The zero-order chi connectivity index (χ0) is 9.68. The summed E-state index contributed by atoms with van der Waals surface area (Å²) in [5, 5.41) is 6.63. The Bertz CT molecular complexity index is 306. The van der Waals surface area contributed by atoms with Gasteiger partial charge < -0.3 is 16.9 Å². The highest BCUT2D eigenvalue weighted by Gasteiger charge is 2.03. The maximum absolute atomic E-state index is 5.61. The first kappa shape index (κ1) is 9.38. The molecule has 0 aliphatic carbocycles. The summed E-state index contributed by atoms with van der Waals surface area (Å²) in [6.07, 6.45) is 0. The lowest BCUT2D eigenvalue weighted by Gasteiger charge is -2.08. The molecule has 0 atom stereocenters. The van der Waals surface area contributed by atoms with E-state index in [1.807, 2.05) is 31.2 Å². The van der Waals surface area contributed by atoms with E-state index in [0.29, 0.717) is 5.84 Å². The van der Waals surface area contributed by atoms with Crippen LogP contribution in [0.25, 0.3) is 0 Å². The summed E-state index contributed by atoms with van der Waals surface area (Å²) < 4.78 is 0. The predicted molar refractivity (Wildman–Crippen MR) is 55.5 cm³/mol. The van der Waals surface area contributed by atoms with Crippen molar-refractivity contribution < 1.29 is 0 Å². The van der Waals surface area contributed by atoms with E-state index in [0.717, 1.165) is 17.8 Å². The third-order valence-corrected chi connectivity index (χ3v) is 1.71. The van der Waals surface area contributed by atoms with Crippen LogP contribution in [0.3, 0.4) is 0 Å². The van der Waals surface area contributed by atoms with E-state index < -0.39 is 0 Å². The number of hydrogen-bond acceptors (Lipinski definition) is 3. The number of hydrogen-bond donors (Lipinski definition) is 3. The minimum Gasteiger partial charge on any atom is -0.385 e. The van der Waals surface area contributed by atoms with Crippen LogP contribution < -0.4 is 16.9 Å². The fourth-order valence-corrected chi connectivity index (χ4v) is 1.12. The first-order valence-electron chi connectivity index (χ1n) is 4.16. The summed E-state index contributed by atoms with van der Waals surface area (Å²) in [7, 11) is 0. The lowest BCUT2D eigenvalue weighted by atomic mass is 10.1. The van der Waals surface area contributed by atoms with Crippen LogP contribution in [-0.4, -0.2) is 12.4 Å². The van der Waals surface area contributed by atoms with Crippen molar-refractivity contribution >= 4 is 11.5 Å². The molecule has 0 unspecified atom stereocenters. The molecule has 0 fully saturated rings. The Labute approximate surface area is 77.6 Å². The number of para-hydroxylation sites is 1. The van der Waals surface area contributed by atoms with Crippen molar-refractivity contribution in [3.8, 4) is 0 Å². The van der Waals surface area contributed by atoms with Gasteiger partial charge in [-0.15, -0.1) is 0 Å². The molecule has 0 aliphatic rings. The molecule has 1 aromatic rings. The maximum Gasteiger partial charge on any atom is 0.152 e. The van der Waals surface area contributed by atoms with Crippen molar-refractivity contribution in [3.05, 3.63) is 29.8 Å². The molecule has 1 rings (SSSR count). The lowest BCUT2D eigenvalue weighted by molar-refractivity contribution is 1.20. The SMILES string of the molecule is CCNc1ccccc1/C(N)=N/N. The standard InChI is InChI=1S/C9H14N4/c1-2-12-8-6-4-3-5-7(8)9(10)13-11/h3-6,12H,2,11H2,1H3,(H2,10,13). The van der Waals surface area contributed by atoms with Crippen LogP contribution in [0.2, 0.25) is 0 Å². The van der Waals surface area contributed by atoms with E-state index in [9.17, 15) is 0 Å². The summed E-state index contributed by atoms with van der Waals surface area (Å²) in [4.78, 5) is 0. The molecule has 13 heavy (non-hydrogen) atoms. The summed E-state index contributed by atoms with van der Waals surface area (Å²) in [5.41, 5.74) is 7.41. The highest BCUT2D eigenvalue weighted by atomic mass is 15.2. The second kappa shape index (κ2) is 4.35. The van der Waals surface area contributed by atoms with E-state index in [1.165, 1.54) is 0 Å². The average molecular weight is 178 g/mol. The molecule has 0 aromatic heterocycles. The van der Waals surface area contributed by atoms with Gasteiger partial charge in [-0.05, 0) is 19.1 Å². The van der Waals surface area contributed by atoms with E-state index in [-0.39, 0.29) is 0 Å². The smallest absolute Gasteiger partial charge is 0.152 e. The molecule has 0 radical (unpaired) electrons. The molecule has 0 saturated carbocycles. The van der Waals surface area contributed by atoms with Gasteiger partial charge in [-0.3, -0.25) is 0 Å².